The maximum Gasteiger partial charge on any atom is 0.295 e. The SMILES string of the molecule is C=CCOc1ccccc1/C=C1/SC(=O)N([C@H](N2CCN(c3cccc(Cl)c3)CC2)C(Cl)(Cl)Cl)C1=O. The minimum absolute atomic E-state index is 0.228. The molecule has 2 heterocycles. The Morgan fingerprint density at radius 2 is 1.78 bits per heavy atom. The molecule has 11 heteroatoms. The fourth-order valence-corrected chi connectivity index (χ4v) is 5.86. The van der Waals surface area contributed by atoms with Crippen LogP contribution in [-0.4, -0.2) is 63.7 Å². The summed E-state index contributed by atoms with van der Waals surface area (Å²) in [6.45, 7) is 6.13. The first kappa shape index (κ1) is 27.2. The molecular weight excluding hydrogens is 564 g/mol. The lowest BCUT2D eigenvalue weighted by Gasteiger charge is -2.44. The minimum Gasteiger partial charge on any atom is -0.489 e. The Kier molecular flexibility index (Phi) is 8.81. The summed E-state index contributed by atoms with van der Waals surface area (Å²) in [4.78, 5) is 31.8. The Labute approximate surface area is 234 Å². The Morgan fingerprint density at radius 3 is 2.44 bits per heavy atom. The third-order valence-corrected chi connectivity index (χ3v) is 7.46. The van der Waals surface area contributed by atoms with Crippen LogP contribution in [0.2, 0.25) is 5.02 Å². The van der Waals surface area contributed by atoms with E-state index in [4.69, 9.17) is 51.1 Å². The van der Waals surface area contributed by atoms with E-state index >= 15 is 0 Å². The van der Waals surface area contributed by atoms with Crippen molar-refractivity contribution in [2.24, 2.45) is 0 Å². The lowest BCUT2D eigenvalue weighted by atomic mass is 10.2. The second-order valence-electron chi connectivity index (χ2n) is 8.11. The van der Waals surface area contributed by atoms with E-state index in [1.165, 1.54) is 0 Å². The van der Waals surface area contributed by atoms with Gasteiger partial charge in [0.05, 0.1) is 4.91 Å². The van der Waals surface area contributed by atoms with Crippen LogP contribution in [-0.2, 0) is 4.79 Å². The van der Waals surface area contributed by atoms with Gasteiger partial charge in [-0.3, -0.25) is 14.5 Å². The molecule has 0 aromatic heterocycles. The zero-order chi connectivity index (χ0) is 25.9. The molecule has 0 N–H and O–H groups in total. The van der Waals surface area contributed by atoms with Gasteiger partial charge >= 0.3 is 0 Å². The zero-order valence-corrected chi connectivity index (χ0v) is 22.9. The average molecular weight is 587 g/mol. The van der Waals surface area contributed by atoms with Crippen LogP contribution in [0.5, 0.6) is 5.75 Å². The molecule has 2 aromatic rings. The number of halogens is 4. The highest BCUT2D eigenvalue weighted by Gasteiger charge is 2.51. The number of alkyl halides is 3. The standard InChI is InChI=1S/C25H23Cl4N3O3S/c1-2-14-35-20-9-4-3-6-17(20)15-21-22(33)32(24(34)36-21)23(25(27,28)29)31-12-10-30(11-13-31)19-8-5-7-18(26)16-19/h2-9,15-16,23H,1,10-14H2/b21-15+/t23-/m0/s1. The Balaban J connectivity index is 1.55. The van der Waals surface area contributed by atoms with Gasteiger partial charge in [0.15, 0.2) is 0 Å². The summed E-state index contributed by atoms with van der Waals surface area (Å²) in [5.41, 5.74) is 1.64. The maximum atomic E-state index is 13.4. The first-order valence-corrected chi connectivity index (χ1v) is 13.4. The second kappa shape index (κ2) is 11.7. The molecule has 36 heavy (non-hydrogen) atoms. The second-order valence-corrected chi connectivity index (χ2v) is 11.9. The van der Waals surface area contributed by atoms with E-state index in [-0.39, 0.29) is 4.91 Å². The number of piperazine rings is 1. The van der Waals surface area contributed by atoms with Crippen molar-refractivity contribution in [2.75, 3.05) is 37.7 Å². The molecule has 4 rings (SSSR count). The molecule has 2 aliphatic rings. The van der Waals surface area contributed by atoms with Crippen molar-refractivity contribution in [1.29, 1.82) is 0 Å². The van der Waals surface area contributed by atoms with Crippen molar-refractivity contribution in [3.05, 3.63) is 76.7 Å². The molecule has 2 amide bonds. The maximum absolute atomic E-state index is 13.4. The van der Waals surface area contributed by atoms with Crippen LogP contribution in [0.15, 0.2) is 66.1 Å². The van der Waals surface area contributed by atoms with Crippen molar-refractivity contribution in [3.63, 3.8) is 0 Å². The number of benzene rings is 2. The number of carbonyl (C=O) groups excluding carboxylic acids is 2. The van der Waals surface area contributed by atoms with Crippen molar-refractivity contribution in [1.82, 2.24) is 9.80 Å². The molecule has 2 fully saturated rings. The van der Waals surface area contributed by atoms with Crippen molar-refractivity contribution in [2.45, 2.75) is 9.96 Å². The molecule has 2 aromatic carbocycles. The van der Waals surface area contributed by atoms with E-state index in [1.807, 2.05) is 41.3 Å². The molecule has 0 spiro atoms. The third-order valence-electron chi connectivity index (χ3n) is 5.76. The van der Waals surface area contributed by atoms with Crippen molar-refractivity contribution in [3.8, 4) is 5.75 Å². The summed E-state index contributed by atoms with van der Waals surface area (Å²) >= 11 is 26.0. The van der Waals surface area contributed by atoms with Crippen LogP contribution in [0.25, 0.3) is 6.08 Å². The lowest BCUT2D eigenvalue weighted by molar-refractivity contribution is -0.127. The van der Waals surface area contributed by atoms with Gasteiger partial charge in [-0.15, -0.1) is 0 Å². The highest BCUT2D eigenvalue weighted by atomic mass is 35.6. The number of amides is 2. The first-order valence-electron chi connectivity index (χ1n) is 11.1. The largest absolute Gasteiger partial charge is 0.489 e. The summed E-state index contributed by atoms with van der Waals surface area (Å²) in [5.74, 6) is 0.0522. The molecule has 1 atom stereocenters. The summed E-state index contributed by atoms with van der Waals surface area (Å²) < 4.78 is 3.76. The van der Waals surface area contributed by atoms with Gasteiger partial charge in [-0.1, -0.05) is 83.3 Å². The number of hydrogen-bond donors (Lipinski definition) is 0. The fourth-order valence-electron chi connectivity index (χ4n) is 4.13. The molecule has 0 bridgehead atoms. The topological polar surface area (TPSA) is 53.1 Å². The van der Waals surface area contributed by atoms with E-state index in [1.54, 1.807) is 24.3 Å². The number of nitrogens with zero attached hydrogens (tertiary/aromatic N) is 3. The lowest BCUT2D eigenvalue weighted by Crippen LogP contribution is -2.61. The number of hydrogen-bond acceptors (Lipinski definition) is 6. The Bertz CT molecular complexity index is 1180. The van der Waals surface area contributed by atoms with Crippen LogP contribution >= 0.6 is 58.2 Å². The molecule has 0 aliphatic carbocycles. The number of anilines is 1. The number of thioether (sulfide) groups is 1. The fraction of sp³-hybridized carbons (Fsp3) is 0.280. The first-order chi connectivity index (χ1) is 17.2. The predicted octanol–water partition coefficient (Wildman–Crippen LogP) is 6.46. The number of carbonyl (C=O) groups is 2. The van der Waals surface area contributed by atoms with E-state index in [0.29, 0.717) is 49.1 Å². The number of ether oxygens (including phenoxy) is 1. The molecule has 0 radical (unpaired) electrons. The van der Waals surface area contributed by atoms with Gasteiger partial charge in [-0.2, -0.15) is 0 Å². The molecule has 6 nitrogen and oxygen atoms in total. The van der Waals surface area contributed by atoms with Gasteiger partial charge in [-0.05, 0) is 42.1 Å². The minimum atomic E-state index is -1.91. The van der Waals surface area contributed by atoms with E-state index in [2.05, 4.69) is 11.5 Å². The highest BCUT2D eigenvalue weighted by molar-refractivity contribution is 8.18. The van der Waals surface area contributed by atoms with Crippen LogP contribution in [0.3, 0.4) is 0 Å². The summed E-state index contributed by atoms with van der Waals surface area (Å²) in [5, 5.41) is 0.152. The van der Waals surface area contributed by atoms with Gasteiger partial charge in [0.1, 0.15) is 18.5 Å². The van der Waals surface area contributed by atoms with Gasteiger partial charge < -0.3 is 9.64 Å². The van der Waals surface area contributed by atoms with E-state index in [0.717, 1.165) is 22.3 Å². The Hall–Kier alpha value is -1.87. The normalized spacial score (nSPS) is 19.2. The molecule has 190 valence electrons. The smallest absolute Gasteiger partial charge is 0.295 e. The number of para-hydroxylation sites is 1. The van der Waals surface area contributed by atoms with Gasteiger partial charge in [0, 0.05) is 42.5 Å². The highest BCUT2D eigenvalue weighted by Crippen LogP contribution is 2.43. The van der Waals surface area contributed by atoms with Crippen LogP contribution < -0.4 is 9.64 Å². The monoisotopic (exact) mass is 585 g/mol. The molecule has 0 saturated carbocycles. The van der Waals surface area contributed by atoms with Crippen molar-refractivity contribution >= 4 is 81.1 Å². The van der Waals surface area contributed by atoms with Gasteiger partial charge in [-0.25, -0.2) is 4.90 Å². The van der Waals surface area contributed by atoms with Crippen LogP contribution in [0.1, 0.15) is 5.56 Å². The van der Waals surface area contributed by atoms with Gasteiger partial charge in [0.25, 0.3) is 11.1 Å². The van der Waals surface area contributed by atoms with Gasteiger partial charge in [0.2, 0.25) is 3.79 Å². The van der Waals surface area contributed by atoms with Crippen molar-refractivity contribution < 1.29 is 14.3 Å². The van der Waals surface area contributed by atoms with E-state index in [9.17, 15) is 9.59 Å². The average Bonchev–Trinajstić information content (AvgIpc) is 3.11. The van der Waals surface area contributed by atoms with E-state index < -0.39 is 21.1 Å². The Morgan fingerprint density at radius 1 is 1.06 bits per heavy atom. The zero-order valence-electron chi connectivity index (χ0n) is 19.1. The molecule has 2 aliphatic heterocycles. The number of imide groups is 1. The number of rotatable bonds is 7. The predicted molar refractivity (Wildman–Crippen MR) is 149 cm³/mol. The molecule has 2 saturated heterocycles. The third kappa shape index (κ3) is 6.15. The summed E-state index contributed by atoms with van der Waals surface area (Å²) in [6.07, 6.45) is 2.19. The summed E-state index contributed by atoms with van der Waals surface area (Å²) in [6, 6.07) is 14.8. The van der Waals surface area contributed by atoms with Crippen LogP contribution in [0, 0.1) is 0 Å². The molecular formula is C25H23Cl4N3O3S. The molecule has 0 unspecified atom stereocenters. The van der Waals surface area contributed by atoms with Crippen LogP contribution in [0.4, 0.5) is 10.5 Å². The summed E-state index contributed by atoms with van der Waals surface area (Å²) in [7, 11) is 0. The quantitative estimate of drug-likeness (QED) is 0.211.